The number of nitrogens with zero attached hydrogens (tertiary/aromatic N) is 2. The Kier molecular flexibility index (Phi) is 4.08. The molecule has 0 unspecified atom stereocenters. The Morgan fingerprint density at radius 1 is 0.651 bits per heavy atom. The van der Waals surface area contributed by atoms with E-state index in [1.807, 2.05) is 78.9 Å². The Morgan fingerprint density at radius 3 is 2.33 bits per heavy atom. The van der Waals surface area contributed by atoms with Crippen LogP contribution in [0.2, 0.25) is 0 Å². The Labute approximate surface area is 265 Å². The van der Waals surface area contributed by atoms with Crippen molar-refractivity contribution in [3.63, 3.8) is 0 Å². The molecule has 0 aliphatic rings. The largest absolute Gasteiger partial charge is 0.296 e. The van der Waals surface area contributed by atoms with Gasteiger partial charge in [0, 0.05) is 18.9 Å². The van der Waals surface area contributed by atoms with E-state index >= 15 is 0 Å². The molecule has 0 aliphatic heterocycles. The molecule has 2 nitrogen and oxygen atoms in total. The fraction of sp³-hybridized carbons (Fsp3) is 0.0488. The molecule has 0 saturated carbocycles. The zero-order valence-corrected chi connectivity index (χ0v) is 22.9. The lowest BCUT2D eigenvalue weighted by Gasteiger charge is -2.18. The summed E-state index contributed by atoms with van der Waals surface area (Å²) in [6.07, 6.45) is -2.79. The number of hydrogen-bond acceptors (Lipinski definition) is 1. The third-order valence-corrected chi connectivity index (χ3v) is 7.92. The predicted octanol–water partition coefficient (Wildman–Crippen LogP) is 10.9. The summed E-state index contributed by atoms with van der Waals surface area (Å²) in [5.41, 5.74) is 5.16. The smallest absolute Gasteiger partial charge is 0.114 e. The summed E-state index contributed by atoms with van der Waals surface area (Å²) in [6, 6.07) is 36.0. The average molecular weight is 561 g/mol. The fourth-order valence-corrected chi connectivity index (χ4v) is 6.04. The van der Waals surface area contributed by atoms with Gasteiger partial charge in [0.2, 0.25) is 0 Å². The molecule has 7 aromatic carbocycles. The van der Waals surface area contributed by atoms with E-state index in [0.29, 0.717) is 33.4 Å². The second-order valence-corrected chi connectivity index (χ2v) is 10.4. The second-order valence-electron chi connectivity index (χ2n) is 10.4. The summed E-state index contributed by atoms with van der Waals surface area (Å²) >= 11 is 0. The van der Waals surface area contributed by atoms with Gasteiger partial charge in [0.15, 0.2) is 0 Å². The van der Waals surface area contributed by atoms with Crippen molar-refractivity contribution in [2.24, 2.45) is 0 Å². The monoisotopic (exact) mass is 560 g/mol. The summed E-state index contributed by atoms with van der Waals surface area (Å²) in [6.45, 7) is -3.01. The summed E-state index contributed by atoms with van der Waals surface area (Å²) in [5.74, 6) is -0.258. The van der Waals surface area contributed by atoms with E-state index in [2.05, 4.69) is 11.1 Å². The first-order chi connectivity index (χ1) is 25.3. The summed E-state index contributed by atoms with van der Waals surface area (Å²) < 4.78 is 86.0. The zero-order chi connectivity index (χ0) is 37.4. The van der Waals surface area contributed by atoms with Crippen molar-refractivity contribution in [1.82, 2.24) is 9.55 Å². The number of aromatic nitrogens is 2. The predicted molar refractivity (Wildman–Crippen MR) is 182 cm³/mol. The Bertz CT molecular complexity index is 2720. The van der Waals surface area contributed by atoms with Crippen molar-refractivity contribution < 1.29 is 13.7 Å². The number of benzene rings is 7. The SMILES string of the molecule is [2H]c1c([2H])c([2H])c(-c2cc(-c3cccc(-n4c(C([2H])([2H])C([2H])([2H])[2H])nc5ccccc54)c3)c3cc4ccccc4c(-c4ccccc4)c3c2)c([2H])c1[2H]. The minimum absolute atomic E-state index is 0.0660. The van der Waals surface area contributed by atoms with Gasteiger partial charge in [-0.15, -0.1) is 0 Å². The first-order valence-electron chi connectivity index (χ1n) is 19.0. The van der Waals surface area contributed by atoms with Crippen LogP contribution in [0, 0.1) is 0 Å². The second kappa shape index (κ2) is 10.4. The highest BCUT2D eigenvalue weighted by Gasteiger charge is 2.17. The minimum atomic E-state index is -3.01. The highest BCUT2D eigenvalue weighted by Crippen LogP contribution is 2.43. The van der Waals surface area contributed by atoms with Crippen LogP contribution < -0.4 is 0 Å². The van der Waals surface area contributed by atoms with Gasteiger partial charge in [-0.1, -0.05) is 116 Å². The van der Waals surface area contributed by atoms with Crippen molar-refractivity contribution in [2.75, 3.05) is 0 Å². The number of rotatable bonds is 5. The molecule has 43 heavy (non-hydrogen) atoms. The van der Waals surface area contributed by atoms with Crippen molar-refractivity contribution in [2.45, 2.75) is 13.2 Å². The maximum absolute atomic E-state index is 8.88. The normalized spacial score (nSPS) is 15.4. The summed E-state index contributed by atoms with van der Waals surface area (Å²) in [4.78, 5) is 4.49. The molecule has 0 amide bonds. The maximum Gasteiger partial charge on any atom is 0.114 e. The van der Waals surface area contributed by atoms with Gasteiger partial charge >= 0.3 is 0 Å². The molecule has 0 aliphatic carbocycles. The first kappa shape index (κ1) is 16.8. The number of fused-ring (bicyclic) bond motifs is 3. The van der Waals surface area contributed by atoms with Crippen molar-refractivity contribution in [3.05, 3.63) is 157 Å². The van der Waals surface area contributed by atoms with Crippen molar-refractivity contribution in [3.8, 4) is 39.1 Å². The zero-order valence-electron chi connectivity index (χ0n) is 32.9. The molecule has 0 radical (unpaired) electrons. The highest BCUT2D eigenvalue weighted by atomic mass is 15.1. The third-order valence-electron chi connectivity index (χ3n) is 7.92. The fourth-order valence-electron chi connectivity index (χ4n) is 6.04. The molecule has 0 atom stereocenters. The highest BCUT2D eigenvalue weighted by molar-refractivity contribution is 6.17. The Balaban J connectivity index is 1.49. The molecule has 0 bridgehead atoms. The van der Waals surface area contributed by atoms with Crippen LogP contribution in [0.5, 0.6) is 0 Å². The molecular formula is C41H30N2. The lowest BCUT2D eigenvalue weighted by Crippen LogP contribution is -2.00. The molecule has 0 N–H and O–H groups in total. The number of para-hydroxylation sites is 2. The van der Waals surface area contributed by atoms with Crippen molar-refractivity contribution >= 4 is 32.6 Å². The van der Waals surface area contributed by atoms with Crippen LogP contribution in [0.15, 0.2) is 152 Å². The maximum atomic E-state index is 8.88. The standard InChI is InChI=1S/C41H30N2/c1-2-40-42-38-22-11-12-23-39(38)43(40)33-20-13-19-30(24-33)35-26-32(28-14-5-3-6-15-28)27-37-36(35)25-31-18-9-10-21-34(31)41(37)29-16-7-4-8-17-29/h3-27H,2H2,1H3/i1D3,2D2,3D,5D,6D,14D,15D. The van der Waals surface area contributed by atoms with Gasteiger partial charge < -0.3 is 0 Å². The molecule has 0 spiro atoms. The van der Waals surface area contributed by atoms with Crippen LogP contribution in [-0.2, 0) is 6.37 Å². The quantitative estimate of drug-likeness (QED) is 0.191. The van der Waals surface area contributed by atoms with Crippen LogP contribution in [0.1, 0.15) is 26.4 Å². The van der Waals surface area contributed by atoms with E-state index < -0.39 is 31.4 Å². The first-order valence-corrected chi connectivity index (χ1v) is 14.0. The number of aryl methyl sites for hydroxylation is 1. The molecular weight excluding hydrogens is 520 g/mol. The van der Waals surface area contributed by atoms with Crippen LogP contribution >= 0.6 is 0 Å². The molecule has 8 aromatic rings. The molecule has 8 rings (SSSR count). The van der Waals surface area contributed by atoms with Gasteiger partial charge in [-0.05, 0) is 97.4 Å². The van der Waals surface area contributed by atoms with Crippen LogP contribution in [0.25, 0.3) is 71.6 Å². The lowest BCUT2D eigenvalue weighted by atomic mass is 9.86. The van der Waals surface area contributed by atoms with Gasteiger partial charge in [-0.25, -0.2) is 4.98 Å². The average Bonchev–Trinajstić information content (AvgIpc) is 3.56. The topological polar surface area (TPSA) is 17.8 Å². The molecule has 0 saturated heterocycles. The van der Waals surface area contributed by atoms with E-state index in [9.17, 15) is 0 Å². The lowest BCUT2D eigenvalue weighted by molar-refractivity contribution is 0.908. The van der Waals surface area contributed by atoms with Crippen LogP contribution in [0.3, 0.4) is 0 Å². The van der Waals surface area contributed by atoms with E-state index in [-0.39, 0.29) is 23.5 Å². The van der Waals surface area contributed by atoms with E-state index in [1.54, 1.807) is 36.4 Å². The van der Waals surface area contributed by atoms with Gasteiger partial charge in [0.05, 0.1) is 17.9 Å². The Morgan fingerprint density at radius 2 is 1.44 bits per heavy atom. The minimum Gasteiger partial charge on any atom is -0.296 e. The van der Waals surface area contributed by atoms with E-state index in [4.69, 9.17) is 13.7 Å². The van der Waals surface area contributed by atoms with E-state index in [0.717, 1.165) is 32.7 Å². The number of imidazole rings is 1. The molecule has 2 heteroatoms. The van der Waals surface area contributed by atoms with Gasteiger partial charge in [0.1, 0.15) is 5.82 Å². The summed E-state index contributed by atoms with van der Waals surface area (Å²) in [7, 11) is 0. The van der Waals surface area contributed by atoms with Crippen LogP contribution in [0.4, 0.5) is 0 Å². The van der Waals surface area contributed by atoms with Crippen LogP contribution in [-0.4, -0.2) is 9.55 Å². The number of hydrogen-bond donors (Lipinski definition) is 0. The molecule has 0 fully saturated rings. The molecule has 204 valence electrons. The Hall–Kier alpha value is -5.47. The third kappa shape index (κ3) is 4.31. The van der Waals surface area contributed by atoms with Gasteiger partial charge in [-0.3, -0.25) is 4.57 Å². The summed E-state index contributed by atoms with van der Waals surface area (Å²) in [5, 5.41) is 3.59. The van der Waals surface area contributed by atoms with E-state index in [1.165, 1.54) is 4.57 Å². The van der Waals surface area contributed by atoms with Crippen molar-refractivity contribution in [1.29, 1.82) is 0 Å². The molecule has 1 aromatic heterocycles. The van der Waals surface area contributed by atoms with Gasteiger partial charge in [-0.2, -0.15) is 0 Å². The van der Waals surface area contributed by atoms with Gasteiger partial charge in [0.25, 0.3) is 0 Å². The molecule has 1 heterocycles.